The van der Waals surface area contributed by atoms with Gasteiger partial charge in [0, 0.05) is 50.3 Å². The molecule has 2 heterocycles. The van der Waals surface area contributed by atoms with Gasteiger partial charge in [0.15, 0.2) is 0 Å². The molecule has 2 amide bonds. The molecule has 1 aromatic carbocycles. The molecule has 1 aliphatic heterocycles. The average molecular weight is 466 g/mol. The molecule has 2 aromatic rings. The highest BCUT2D eigenvalue weighted by molar-refractivity contribution is 5.98. The van der Waals surface area contributed by atoms with Crippen LogP contribution in [0.4, 0.5) is 0 Å². The van der Waals surface area contributed by atoms with Gasteiger partial charge in [0.2, 0.25) is 5.91 Å². The molecule has 34 heavy (non-hydrogen) atoms. The summed E-state index contributed by atoms with van der Waals surface area (Å²) in [6.45, 7) is 1.56. The molecule has 8 heteroatoms. The molecule has 0 bridgehead atoms. The SMILES string of the molecule is COc1cccc(CNC(=O)c2c(OC)cc(=O)n3c2CCN(C(=O)[C@H]2CC=CCC2)CC3)c1. The van der Waals surface area contributed by atoms with Crippen LogP contribution in [0, 0.1) is 5.92 Å². The van der Waals surface area contributed by atoms with Crippen LogP contribution in [0.3, 0.4) is 0 Å². The quantitative estimate of drug-likeness (QED) is 0.663. The number of ether oxygens (including phenoxy) is 2. The molecular weight excluding hydrogens is 434 g/mol. The van der Waals surface area contributed by atoms with E-state index in [9.17, 15) is 14.4 Å². The topological polar surface area (TPSA) is 89.9 Å². The summed E-state index contributed by atoms with van der Waals surface area (Å²) in [4.78, 5) is 41.0. The molecule has 180 valence electrons. The largest absolute Gasteiger partial charge is 0.497 e. The Morgan fingerprint density at radius 1 is 1.09 bits per heavy atom. The van der Waals surface area contributed by atoms with Crippen molar-refractivity contribution in [1.82, 2.24) is 14.8 Å². The molecule has 0 unspecified atom stereocenters. The summed E-state index contributed by atoms with van der Waals surface area (Å²) in [5.74, 6) is 0.754. The van der Waals surface area contributed by atoms with Gasteiger partial charge in [0.1, 0.15) is 17.1 Å². The molecular formula is C26H31N3O5. The highest BCUT2D eigenvalue weighted by Crippen LogP contribution is 2.25. The van der Waals surface area contributed by atoms with Gasteiger partial charge in [0.25, 0.3) is 11.5 Å². The van der Waals surface area contributed by atoms with Gasteiger partial charge in [-0.1, -0.05) is 24.3 Å². The van der Waals surface area contributed by atoms with Crippen molar-refractivity contribution in [3.8, 4) is 11.5 Å². The standard InChI is InChI=1S/C26H31N3O5/c1-33-20-10-6-7-18(15-20)17-27-25(31)24-21-11-12-28(26(32)19-8-4-3-5-9-19)13-14-29(21)23(30)16-22(24)34-2/h3-4,6-7,10,15-16,19H,5,8-9,11-14,17H2,1-2H3,(H,27,31)/t19-/m0/s1. The van der Waals surface area contributed by atoms with Crippen molar-refractivity contribution in [1.29, 1.82) is 0 Å². The molecule has 0 saturated carbocycles. The van der Waals surface area contributed by atoms with E-state index in [0.29, 0.717) is 49.6 Å². The normalized spacial score (nSPS) is 17.5. The van der Waals surface area contributed by atoms with Crippen LogP contribution in [0.2, 0.25) is 0 Å². The number of fused-ring (bicyclic) bond motifs is 1. The minimum atomic E-state index is -0.319. The fraction of sp³-hybridized carbons (Fsp3) is 0.423. The lowest BCUT2D eigenvalue weighted by molar-refractivity contribution is -0.135. The Bertz CT molecular complexity index is 1150. The fourth-order valence-corrected chi connectivity index (χ4v) is 4.70. The number of benzene rings is 1. The minimum absolute atomic E-state index is 0.0110. The monoisotopic (exact) mass is 465 g/mol. The van der Waals surface area contributed by atoms with E-state index in [-0.39, 0.29) is 29.0 Å². The Morgan fingerprint density at radius 2 is 1.94 bits per heavy atom. The summed E-state index contributed by atoms with van der Waals surface area (Å²) in [6, 6.07) is 8.82. The predicted octanol–water partition coefficient (Wildman–Crippen LogP) is 2.54. The lowest BCUT2D eigenvalue weighted by Crippen LogP contribution is -2.38. The number of aromatic nitrogens is 1. The first-order valence-corrected chi connectivity index (χ1v) is 11.7. The van der Waals surface area contributed by atoms with E-state index >= 15 is 0 Å². The number of rotatable bonds is 6. The first-order chi connectivity index (χ1) is 16.5. The Hall–Kier alpha value is -3.55. The van der Waals surface area contributed by atoms with Gasteiger partial charge in [-0.15, -0.1) is 0 Å². The number of hydrogen-bond acceptors (Lipinski definition) is 5. The Labute approximate surface area is 199 Å². The molecule has 8 nitrogen and oxygen atoms in total. The molecule has 1 atom stereocenters. The van der Waals surface area contributed by atoms with Crippen LogP contribution >= 0.6 is 0 Å². The maximum Gasteiger partial charge on any atom is 0.257 e. The van der Waals surface area contributed by atoms with Gasteiger partial charge < -0.3 is 24.3 Å². The molecule has 0 saturated heterocycles. The number of pyridine rings is 1. The summed E-state index contributed by atoms with van der Waals surface area (Å²) in [7, 11) is 3.05. The average Bonchev–Trinajstić information content (AvgIpc) is 3.11. The summed E-state index contributed by atoms with van der Waals surface area (Å²) in [6.07, 6.45) is 7.11. The number of nitrogens with zero attached hydrogens (tertiary/aromatic N) is 2. The number of allylic oxidation sites excluding steroid dienone is 2. The molecule has 1 aromatic heterocycles. The third-order valence-electron chi connectivity index (χ3n) is 6.56. The highest BCUT2D eigenvalue weighted by atomic mass is 16.5. The summed E-state index contributed by atoms with van der Waals surface area (Å²) >= 11 is 0. The second kappa shape index (κ2) is 10.6. The van der Waals surface area contributed by atoms with Crippen LogP contribution in [0.1, 0.15) is 40.9 Å². The summed E-state index contributed by atoms with van der Waals surface area (Å²) < 4.78 is 12.3. The van der Waals surface area contributed by atoms with E-state index in [4.69, 9.17) is 9.47 Å². The third kappa shape index (κ3) is 5.00. The van der Waals surface area contributed by atoms with E-state index in [1.54, 1.807) is 11.7 Å². The Morgan fingerprint density at radius 3 is 2.68 bits per heavy atom. The molecule has 1 aliphatic carbocycles. The maximum absolute atomic E-state index is 13.3. The first kappa shape index (κ1) is 23.6. The number of amides is 2. The van der Waals surface area contributed by atoms with E-state index in [1.165, 1.54) is 13.2 Å². The van der Waals surface area contributed by atoms with E-state index in [2.05, 4.69) is 17.5 Å². The van der Waals surface area contributed by atoms with Crippen molar-refractivity contribution < 1.29 is 19.1 Å². The van der Waals surface area contributed by atoms with Gasteiger partial charge in [-0.3, -0.25) is 14.4 Å². The second-order valence-corrected chi connectivity index (χ2v) is 8.62. The minimum Gasteiger partial charge on any atom is -0.497 e. The lowest BCUT2D eigenvalue weighted by Gasteiger charge is -2.26. The third-order valence-corrected chi connectivity index (χ3v) is 6.56. The predicted molar refractivity (Wildman–Crippen MR) is 128 cm³/mol. The van der Waals surface area contributed by atoms with Gasteiger partial charge in [-0.25, -0.2) is 0 Å². The molecule has 0 spiro atoms. The van der Waals surface area contributed by atoms with Crippen LogP contribution < -0.4 is 20.3 Å². The first-order valence-electron chi connectivity index (χ1n) is 11.7. The van der Waals surface area contributed by atoms with Crippen LogP contribution in [0.15, 0.2) is 47.3 Å². The second-order valence-electron chi connectivity index (χ2n) is 8.62. The molecule has 2 aliphatic rings. The van der Waals surface area contributed by atoms with E-state index in [0.717, 1.165) is 24.8 Å². The maximum atomic E-state index is 13.3. The van der Waals surface area contributed by atoms with Crippen LogP contribution in [-0.2, 0) is 24.3 Å². The molecule has 1 N–H and O–H groups in total. The van der Waals surface area contributed by atoms with Crippen LogP contribution in [-0.4, -0.2) is 48.6 Å². The zero-order valence-corrected chi connectivity index (χ0v) is 19.7. The molecule has 0 fully saturated rings. The molecule has 0 radical (unpaired) electrons. The number of nitrogens with one attached hydrogen (secondary N) is 1. The van der Waals surface area contributed by atoms with E-state index < -0.39 is 0 Å². The number of hydrogen-bond donors (Lipinski definition) is 1. The van der Waals surface area contributed by atoms with Crippen molar-refractivity contribution in [3.63, 3.8) is 0 Å². The lowest BCUT2D eigenvalue weighted by atomic mass is 9.93. The smallest absolute Gasteiger partial charge is 0.257 e. The van der Waals surface area contributed by atoms with Gasteiger partial charge in [-0.2, -0.15) is 0 Å². The number of carbonyl (C=O) groups excluding carboxylic acids is 2. The number of methoxy groups -OCH3 is 2. The summed E-state index contributed by atoms with van der Waals surface area (Å²) in [5, 5.41) is 2.94. The van der Waals surface area contributed by atoms with Crippen molar-refractivity contribution >= 4 is 11.8 Å². The van der Waals surface area contributed by atoms with Gasteiger partial charge in [-0.05, 0) is 37.0 Å². The Balaban J connectivity index is 1.56. The number of carbonyl (C=O) groups is 2. The van der Waals surface area contributed by atoms with E-state index in [1.807, 2.05) is 29.2 Å². The van der Waals surface area contributed by atoms with Gasteiger partial charge in [0.05, 0.1) is 14.2 Å². The molecule has 4 rings (SSSR count). The Kier molecular flexibility index (Phi) is 7.35. The van der Waals surface area contributed by atoms with Crippen molar-refractivity contribution in [2.24, 2.45) is 5.92 Å². The van der Waals surface area contributed by atoms with Crippen LogP contribution in [0.5, 0.6) is 11.5 Å². The summed E-state index contributed by atoms with van der Waals surface area (Å²) in [5.41, 5.74) is 1.61. The van der Waals surface area contributed by atoms with Gasteiger partial charge >= 0.3 is 0 Å². The zero-order valence-electron chi connectivity index (χ0n) is 19.7. The van der Waals surface area contributed by atoms with Crippen molar-refractivity contribution in [2.45, 2.75) is 38.8 Å². The van der Waals surface area contributed by atoms with Crippen molar-refractivity contribution in [2.75, 3.05) is 27.3 Å². The highest BCUT2D eigenvalue weighted by Gasteiger charge is 2.29. The van der Waals surface area contributed by atoms with Crippen molar-refractivity contribution in [3.05, 3.63) is 69.7 Å². The van der Waals surface area contributed by atoms with Crippen LogP contribution in [0.25, 0.3) is 0 Å². The zero-order chi connectivity index (χ0) is 24.1. The fourth-order valence-electron chi connectivity index (χ4n) is 4.70.